The number of hydrogen-bond acceptors (Lipinski definition) is 7. The van der Waals surface area contributed by atoms with E-state index < -0.39 is 29.7 Å². The van der Waals surface area contributed by atoms with Gasteiger partial charge in [-0.25, -0.2) is 9.18 Å². The highest BCUT2D eigenvalue weighted by atomic mass is 35.5. The van der Waals surface area contributed by atoms with E-state index >= 15 is 0 Å². The van der Waals surface area contributed by atoms with Gasteiger partial charge in [-0.3, -0.25) is 14.5 Å². The number of nitrogens with zero attached hydrogens (tertiary/aromatic N) is 5. The third-order valence-electron chi connectivity index (χ3n) is 4.53. The lowest BCUT2D eigenvalue weighted by atomic mass is 10.0. The molecule has 12 heteroatoms. The SMILES string of the molecule is CCn1c(CO)nn(-c2nc(OC(C)C)c(C(=O)Cc3c(Cl)n[nH]c3C)cc2F)c1=O. The second kappa shape index (κ2) is 8.98. The van der Waals surface area contributed by atoms with Crippen LogP contribution in [0, 0.1) is 12.7 Å². The number of Topliss-reactive ketones (excluding diaryl/α,β-unsaturated/α-hetero) is 1. The molecule has 31 heavy (non-hydrogen) atoms. The van der Waals surface area contributed by atoms with Crippen molar-refractivity contribution < 1.29 is 19.0 Å². The quantitative estimate of drug-likeness (QED) is 0.500. The molecule has 0 radical (unpaired) electrons. The molecule has 0 aliphatic heterocycles. The fraction of sp³-hybridized carbons (Fsp3) is 0.421. The number of halogens is 2. The van der Waals surface area contributed by atoms with E-state index in [9.17, 15) is 19.1 Å². The molecular formula is C19H22ClFN6O4. The Kier molecular flexibility index (Phi) is 6.56. The van der Waals surface area contributed by atoms with E-state index in [1.54, 1.807) is 27.7 Å². The molecular weight excluding hydrogens is 431 g/mol. The van der Waals surface area contributed by atoms with Crippen molar-refractivity contribution in [2.45, 2.75) is 53.4 Å². The highest BCUT2D eigenvalue weighted by Crippen LogP contribution is 2.26. The number of rotatable bonds is 8. The van der Waals surface area contributed by atoms with Gasteiger partial charge >= 0.3 is 5.69 Å². The van der Waals surface area contributed by atoms with Crippen molar-refractivity contribution in [1.29, 1.82) is 0 Å². The predicted octanol–water partition coefficient (Wildman–Crippen LogP) is 1.98. The number of aromatic amines is 1. The molecule has 0 spiro atoms. The van der Waals surface area contributed by atoms with E-state index in [-0.39, 0.29) is 41.5 Å². The maximum Gasteiger partial charge on any atom is 0.352 e. The van der Waals surface area contributed by atoms with Gasteiger partial charge in [0.1, 0.15) is 6.61 Å². The van der Waals surface area contributed by atoms with Gasteiger partial charge in [-0.2, -0.15) is 14.8 Å². The summed E-state index contributed by atoms with van der Waals surface area (Å²) in [6, 6.07) is 0.960. The topological polar surface area (TPSA) is 128 Å². The molecule has 2 N–H and O–H groups in total. The van der Waals surface area contributed by atoms with Crippen LogP contribution in [0.4, 0.5) is 4.39 Å². The lowest BCUT2D eigenvalue weighted by molar-refractivity contribution is 0.0985. The summed E-state index contributed by atoms with van der Waals surface area (Å²) < 4.78 is 22.6. The summed E-state index contributed by atoms with van der Waals surface area (Å²) >= 11 is 6.01. The minimum absolute atomic E-state index is 0.0604. The van der Waals surface area contributed by atoms with Crippen LogP contribution in [0.1, 0.15) is 48.2 Å². The predicted molar refractivity (Wildman–Crippen MR) is 109 cm³/mol. The van der Waals surface area contributed by atoms with E-state index in [1.165, 1.54) is 4.57 Å². The third kappa shape index (κ3) is 4.37. The lowest BCUT2D eigenvalue weighted by Gasteiger charge is -2.14. The van der Waals surface area contributed by atoms with E-state index in [1.807, 2.05) is 0 Å². The van der Waals surface area contributed by atoms with Crippen LogP contribution < -0.4 is 10.4 Å². The first kappa shape index (κ1) is 22.6. The fourth-order valence-electron chi connectivity index (χ4n) is 3.02. The van der Waals surface area contributed by atoms with Crippen LogP contribution in [-0.4, -0.2) is 46.5 Å². The molecule has 3 aromatic rings. The number of carbonyl (C=O) groups is 1. The summed E-state index contributed by atoms with van der Waals surface area (Å²) in [6.07, 6.45) is -0.524. The van der Waals surface area contributed by atoms with Crippen LogP contribution in [0.15, 0.2) is 10.9 Å². The number of aliphatic hydroxyl groups excluding tert-OH is 1. The van der Waals surface area contributed by atoms with Gasteiger partial charge in [-0.1, -0.05) is 11.6 Å². The van der Waals surface area contributed by atoms with Gasteiger partial charge in [-0.05, 0) is 33.8 Å². The first-order valence-corrected chi connectivity index (χ1v) is 9.95. The summed E-state index contributed by atoms with van der Waals surface area (Å²) in [4.78, 5) is 29.6. The molecule has 3 heterocycles. The molecule has 166 valence electrons. The molecule has 0 aliphatic carbocycles. The van der Waals surface area contributed by atoms with Crippen molar-refractivity contribution in [3.8, 4) is 11.7 Å². The molecule has 0 fully saturated rings. The Morgan fingerprint density at radius 1 is 1.42 bits per heavy atom. The van der Waals surface area contributed by atoms with Crippen LogP contribution in [0.2, 0.25) is 5.15 Å². The van der Waals surface area contributed by atoms with Gasteiger partial charge in [0.2, 0.25) is 5.88 Å². The standard InChI is InChI=1S/C19H22ClFN6O4/c1-5-26-15(8-28)25-27(19(26)30)17-13(21)6-12(18(22-17)31-9(2)3)14(29)7-11-10(4)23-24-16(11)20/h6,9,28H,5,7-8H2,1-4H3,(H,23,24). The lowest BCUT2D eigenvalue weighted by Crippen LogP contribution is -2.26. The molecule has 0 saturated heterocycles. The number of aromatic nitrogens is 6. The van der Waals surface area contributed by atoms with Crippen molar-refractivity contribution in [2.75, 3.05) is 0 Å². The maximum atomic E-state index is 15.0. The van der Waals surface area contributed by atoms with Crippen LogP contribution >= 0.6 is 11.6 Å². The van der Waals surface area contributed by atoms with E-state index in [2.05, 4.69) is 20.3 Å². The van der Waals surface area contributed by atoms with Crippen LogP contribution in [0.5, 0.6) is 5.88 Å². The molecule has 0 saturated carbocycles. The third-order valence-corrected chi connectivity index (χ3v) is 4.84. The summed E-state index contributed by atoms with van der Waals surface area (Å²) in [6.45, 7) is 6.57. The molecule has 0 atom stereocenters. The highest BCUT2D eigenvalue weighted by Gasteiger charge is 2.25. The monoisotopic (exact) mass is 452 g/mol. The van der Waals surface area contributed by atoms with Crippen LogP contribution in [0.3, 0.4) is 0 Å². The van der Waals surface area contributed by atoms with Gasteiger partial charge in [0, 0.05) is 24.2 Å². The second-order valence-corrected chi connectivity index (χ2v) is 7.40. The number of H-pyrrole nitrogens is 1. The van der Waals surface area contributed by atoms with Gasteiger partial charge in [0.05, 0.1) is 11.7 Å². The number of hydrogen-bond donors (Lipinski definition) is 2. The van der Waals surface area contributed by atoms with Gasteiger partial charge in [0.25, 0.3) is 0 Å². The Bertz CT molecular complexity index is 1160. The molecule has 0 bridgehead atoms. The zero-order valence-corrected chi connectivity index (χ0v) is 18.2. The molecule has 0 aliphatic rings. The Morgan fingerprint density at radius 2 is 2.13 bits per heavy atom. The molecule has 3 aromatic heterocycles. The normalized spacial score (nSPS) is 11.4. The number of ketones is 1. The maximum absolute atomic E-state index is 15.0. The minimum atomic E-state index is -0.943. The largest absolute Gasteiger partial charge is 0.474 e. The fourth-order valence-corrected chi connectivity index (χ4v) is 3.27. The molecule has 10 nitrogen and oxygen atoms in total. The average Bonchev–Trinajstić information content (AvgIpc) is 3.21. The number of ether oxygens (including phenoxy) is 1. The average molecular weight is 453 g/mol. The second-order valence-electron chi connectivity index (χ2n) is 7.04. The van der Waals surface area contributed by atoms with E-state index in [0.717, 1.165) is 10.7 Å². The summed E-state index contributed by atoms with van der Waals surface area (Å²) in [5.41, 5.74) is 0.324. The number of aliphatic hydroxyl groups is 1. The Labute approximate surface area is 181 Å². The molecule has 3 rings (SSSR count). The van der Waals surface area contributed by atoms with Crippen LogP contribution in [0.25, 0.3) is 5.82 Å². The van der Waals surface area contributed by atoms with Crippen molar-refractivity contribution >= 4 is 17.4 Å². The van der Waals surface area contributed by atoms with Gasteiger partial charge < -0.3 is 9.84 Å². The number of carbonyl (C=O) groups excluding carboxylic acids is 1. The molecule has 0 unspecified atom stereocenters. The highest BCUT2D eigenvalue weighted by molar-refractivity contribution is 6.30. The zero-order valence-electron chi connectivity index (χ0n) is 17.4. The van der Waals surface area contributed by atoms with Crippen molar-refractivity contribution in [3.05, 3.63) is 50.2 Å². The first-order valence-electron chi connectivity index (χ1n) is 9.57. The molecule has 0 amide bonds. The molecule has 0 aromatic carbocycles. The Balaban J connectivity index is 2.11. The summed E-state index contributed by atoms with van der Waals surface area (Å²) in [5.74, 6) is -1.94. The first-order chi connectivity index (χ1) is 14.7. The van der Waals surface area contributed by atoms with Crippen molar-refractivity contribution in [3.63, 3.8) is 0 Å². The van der Waals surface area contributed by atoms with Crippen LogP contribution in [-0.2, 0) is 19.6 Å². The van der Waals surface area contributed by atoms with Crippen molar-refractivity contribution in [2.24, 2.45) is 0 Å². The number of nitrogens with one attached hydrogen (secondary N) is 1. The van der Waals surface area contributed by atoms with Gasteiger partial charge in [-0.15, -0.1) is 5.10 Å². The Hall–Kier alpha value is -3.05. The number of pyridine rings is 1. The zero-order chi connectivity index (χ0) is 22.9. The number of aryl methyl sites for hydroxylation is 1. The minimum Gasteiger partial charge on any atom is -0.474 e. The van der Waals surface area contributed by atoms with Gasteiger partial charge in [0.15, 0.2) is 28.4 Å². The summed E-state index contributed by atoms with van der Waals surface area (Å²) in [7, 11) is 0. The van der Waals surface area contributed by atoms with Crippen molar-refractivity contribution in [1.82, 2.24) is 29.5 Å². The Morgan fingerprint density at radius 3 is 2.65 bits per heavy atom. The van der Waals surface area contributed by atoms with E-state index in [4.69, 9.17) is 16.3 Å². The smallest absolute Gasteiger partial charge is 0.352 e. The summed E-state index contributed by atoms with van der Waals surface area (Å²) in [5, 5.41) is 20.0. The van der Waals surface area contributed by atoms with E-state index in [0.29, 0.717) is 11.3 Å².